The first-order chi connectivity index (χ1) is 6.61. The summed E-state index contributed by atoms with van der Waals surface area (Å²) in [6.45, 7) is -0.163. The number of fused-ring (bicyclic) bond motifs is 1. The highest BCUT2D eigenvalue weighted by molar-refractivity contribution is 6.45. The standard InChI is InChI=1S/C8H3Cl3O3/c9-3-1-4(10)7-5(6(3)11)8(12)14-2-13-7/h1H,2H2. The van der Waals surface area contributed by atoms with Crippen LogP contribution in [0.4, 0.5) is 0 Å². The highest BCUT2D eigenvalue weighted by atomic mass is 35.5. The minimum absolute atomic E-state index is 0.0791. The number of rotatable bonds is 0. The Kier molecular flexibility index (Phi) is 2.47. The second-order valence-electron chi connectivity index (χ2n) is 2.55. The molecule has 0 unspecified atom stereocenters. The molecule has 0 aliphatic carbocycles. The average molecular weight is 253 g/mol. The molecule has 0 N–H and O–H groups in total. The van der Waals surface area contributed by atoms with Crippen LogP contribution in [0.25, 0.3) is 0 Å². The van der Waals surface area contributed by atoms with Gasteiger partial charge in [0.25, 0.3) is 0 Å². The molecular formula is C8H3Cl3O3. The summed E-state index contributed by atoms with van der Waals surface area (Å²) < 4.78 is 9.67. The SMILES string of the molecule is O=C1OCOc2c(Cl)cc(Cl)c(Cl)c21. The number of carbonyl (C=O) groups is 1. The lowest BCUT2D eigenvalue weighted by atomic mass is 10.2. The smallest absolute Gasteiger partial charge is 0.346 e. The van der Waals surface area contributed by atoms with E-state index in [-0.39, 0.29) is 33.2 Å². The molecule has 3 nitrogen and oxygen atoms in total. The number of cyclic esters (lactones) is 1. The highest BCUT2D eigenvalue weighted by Gasteiger charge is 2.27. The van der Waals surface area contributed by atoms with Crippen molar-refractivity contribution in [2.24, 2.45) is 0 Å². The number of halogens is 3. The van der Waals surface area contributed by atoms with E-state index in [1.165, 1.54) is 6.07 Å². The van der Waals surface area contributed by atoms with Gasteiger partial charge in [0, 0.05) is 0 Å². The molecule has 0 radical (unpaired) electrons. The Morgan fingerprint density at radius 2 is 1.86 bits per heavy atom. The van der Waals surface area contributed by atoms with Crippen LogP contribution in [0.5, 0.6) is 5.75 Å². The van der Waals surface area contributed by atoms with E-state index in [1.54, 1.807) is 0 Å². The van der Waals surface area contributed by atoms with Gasteiger partial charge in [0.15, 0.2) is 5.75 Å². The number of ether oxygens (including phenoxy) is 2. The van der Waals surface area contributed by atoms with Gasteiger partial charge in [-0.25, -0.2) is 4.79 Å². The van der Waals surface area contributed by atoms with E-state index in [0.717, 1.165) is 0 Å². The number of carbonyl (C=O) groups excluding carboxylic acids is 1. The van der Waals surface area contributed by atoms with Crippen LogP contribution in [0.3, 0.4) is 0 Å². The Morgan fingerprint density at radius 1 is 1.14 bits per heavy atom. The fourth-order valence-corrected chi connectivity index (χ4v) is 1.85. The van der Waals surface area contributed by atoms with Crippen molar-refractivity contribution in [2.45, 2.75) is 0 Å². The van der Waals surface area contributed by atoms with Gasteiger partial charge in [-0.3, -0.25) is 0 Å². The normalized spacial score (nSPS) is 14.4. The van der Waals surface area contributed by atoms with E-state index < -0.39 is 5.97 Å². The summed E-state index contributed by atoms with van der Waals surface area (Å²) in [5, 5.41) is 0.527. The van der Waals surface area contributed by atoms with Crippen LogP contribution < -0.4 is 4.74 Å². The third-order valence-electron chi connectivity index (χ3n) is 1.72. The zero-order chi connectivity index (χ0) is 10.3. The first-order valence-corrected chi connectivity index (χ1v) is 4.72. The Balaban J connectivity index is 2.73. The molecule has 0 atom stereocenters. The Bertz CT molecular complexity index is 417. The largest absolute Gasteiger partial charge is 0.455 e. The summed E-state index contributed by atoms with van der Waals surface area (Å²) in [7, 11) is 0. The third kappa shape index (κ3) is 1.41. The first kappa shape index (κ1) is 9.90. The number of esters is 1. The molecule has 1 heterocycles. The number of hydrogen-bond donors (Lipinski definition) is 0. The first-order valence-electron chi connectivity index (χ1n) is 3.58. The van der Waals surface area contributed by atoms with E-state index >= 15 is 0 Å². The quantitative estimate of drug-likeness (QED) is 0.526. The third-order valence-corrected chi connectivity index (χ3v) is 2.79. The Hall–Kier alpha value is -0.640. The van der Waals surface area contributed by atoms with Gasteiger partial charge >= 0.3 is 5.97 Å². The lowest BCUT2D eigenvalue weighted by Gasteiger charge is -2.19. The number of benzene rings is 1. The van der Waals surface area contributed by atoms with Crippen molar-refractivity contribution in [1.29, 1.82) is 0 Å². The van der Waals surface area contributed by atoms with Crippen molar-refractivity contribution in [2.75, 3.05) is 6.79 Å². The van der Waals surface area contributed by atoms with E-state index in [9.17, 15) is 4.79 Å². The predicted molar refractivity (Wildman–Crippen MR) is 52.4 cm³/mol. The second kappa shape index (κ2) is 3.50. The van der Waals surface area contributed by atoms with Crippen LogP contribution in [0, 0.1) is 0 Å². The van der Waals surface area contributed by atoms with Gasteiger partial charge in [-0.05, 0) is 6.07 Å². The monoisotopic (exact) mass is 252 g/mol. The molecule has 0 fully saturated rings. The fraction of sp³-hybridized carbons (Fsp3) is 0.125. The van der Waals surface area contributed by atoms with E-state index in [0.29, 0.717) is 0 Å². The van der Waals surface area contributed by atoms with Crippen molar-refractivity contribution >= 4 is 40.8 Å². The molecule has 14 heavy (non-hydrogen) atoms. The van der Waals surface area contributed by atoms with Gasteiger partial charge in [-0.15, -0.1) is 0 Å². The van der Waals surface area contributed by atoms with Crippen molar-refractivity contribution in [3.63, 3.8) is 0 Å². The molecule has 1 aliphatic heterocycles. The zero-order valence-corrected chi connectivity index (χ0v) is 8.91. The summed E-state index contributed by atoms with van der Waals surface area (Å²) in [5.74, 6) is -0.363. The van der Waals surface area contributed by atoms with Gasteiger partial charge < -0.3 is 9.47 Å². The zero-order valence-electron chi connectivity index (χ0n) is 6.64. The summed E-state index contributed by atoms with van der Waals surface area (Å²) >= 11 is 17.4. The number of hydrogen-bond acceptors (Lipinski definition) is 3. The van der Waals surface area contributed by atoms with Crippen LogP contribution in [-0.4, -0.2) is 12.8 Å². The molecule has 0 aromatic heterocycles. The van der Waals surface area contributed by atoms with Crippen LogP contribution in [0.1, 0.15) is 10.4 Å². The average Bonchev–Trinajstić information content (AvgIpc) is 2.14. The maximum Gasteiger partial charge on any atom is 0.346 e. The molecular weight excluding hydrogens is 250 g/mol. The lowest BCUT2D eigenvalue weighted by molar-refractivity contribution is 0.00499. The minimum Gasteiger partial charge on any atom is -0.455 e. The maximum absolute atomic E-state index is 11.3. The Morgan fingerprint density at radius 3 is 2.57 bits per heavy atom. The summed E-state index contributed by atoms with van der Waals surface area (Å²) in [6, 6.07) is 1.42. The minimum atomic E-state index is -0.583. The highest BCUT2D eigenvalue weighted by Crippen LogP contribution is 2.40. The van der Waals surface area contributed by atoms with Crippen molar-refractivity contribution in [3.8, 4) is 5.75 Å². The van der Waals surface area contributed by atoms with E-state index in [4.69, 9.17) is 39.5 Å². The molecule has 0 amide bonds. The van der Waals surface area contributed by atoms with Gasteiger partial charge in [0.1, 0.15) is 5.56 Å². The molecule has 1 aliphatic rings. The summed E-state index contributed by atoms with van der Waals surface area (Å²) in [4.78, 5) is 11.3. The topological polar surface area (TPSA) is 35.5 Å². The summed E-state index contributed by atoms with van der Waals surface area (Å²) in [6.07, 6.45) is 0. The van der Waals surface area contributed by atoms with E-state index in [2.05, 4.69) is 4.74 Å². The van der Waals surface area contributed by atoms with Crippen LogP contribution in [-0.2, 0) is 4.74 Å². The molecule has 2 rings (SSSR count). The second-order valence-corrected chi connectivity index (χ2v) is 3.74. The van der Waals surface area contributed by atoms with Gasteiger partial charge in [-0.1, -0.05) is 34.8 Å². The van der Waals surface area contributed by atoms with Crippen LogP contribution in [0.2, 0.25) is 15.1 Å². The van der Waals surface area contributed by atoms with Crippen molar-refractivity contribution in [1.82, 2.24) is 0 Å². The molecule has 0 saturated carbocycles. The van der Waals surface area contributed by atoms with Crippen molar-refractivity contribution < 1.29 is 14.3 Å². The van der Waals surface area contributed by atoms with Crippen LogP contribution >= 0.6 is 34.8 Å². The molecule has 1 aromatic carbocycles. The molecule has 0 saturated heterocycles. The van der Waals surface area contributed by atoms with E-state index in [1.807, 2.05) is 0 Å². The molecule has 0 bridgehead atoms. The van der Waals surface area contributed by atoms with Gasteiger partial charge in [0.2, 0.25) is 6.79 Å². The van der Waals surface area contributed by atoms with Gasteiger partial charge in [0.05, 0.1) is 15.1 Å². The molecule has 74 valence electrons. The molecule has 0 spiro atoms. The Labute approximate surface area is 94.5 Å². The van der Waals surface area contributed by atoms with Crippen LogP contribution in [0.15, 0.2) is 6.07 Å². The predicted octanol–water partition coefficient (Wildman–Crippen LogP) is 3.15. The summed E-state index contributed by atoms with van der Waals surface area (Å²) in [5.41, 5.74) is 0.0791. The lowest BCUT2D eigenvalue weighted by Crippen LogP contribution is -2.19. The fourth-order valence-electron chi connectivity index (χ4n) is 1.12. The molecule has 6 heteroatoms. The van der Waals surface area contributed by atoms with Crippen molar-refractivity contribution in [3.05, 3.63) is 26.7 Å². The maximum atomic E-state index is 11.3. The molecule has 1 aromatic rings. The van der Waals surface area contributed by atoms with Gasteiger partial charge in [-0.2, -0.15) is 0 Å².